The second-order valence-corrected chi connectivity index (χ2v) is 3.42. The summed E-state index contributed by atoms with van der Waals surface area (Å²) in [6.07, 6.45) is 1.57. The molecule has 1 unspecified atom stereocenters. The lowest BCUT2D eigenvalue weighted by Crippen LogP contribution is -2.32. The smallest absolute Gasteiger partial charge is 0.356 e. The first-order valence-electron chi connectivity index (χ1n) is 5.15. The van der Waals surface area contributed by atoms with Crippen molar-refractivity contribution in [3.8, 4) is 0 Å². The predicted octanol–water partition coefficient (Wildman–Crippen LogP) is 0.213. The number of nitrogens with zero attached hydrogens (tertiary/aromatic N) is 1. The van der Waals surface area contributed by atoms with Crippen molar-refractivity contribution < 1.29 is 19.4 Å². The molecule has 0 saturated carbocycles. The van der Waals surface area contributed by atoms with Gasteiger partial charge in [0.05, 0.1) is 6.61 Å². The van der Waals surface area contributed by atoms with Crippen molar-refractivity contribution in [2.75, 3.05) is 6.61 Å². The number of carboxylic acids is 1. The van der Waals surface area contributed by atoms with Gasteiger partial charge in [-0.25, -0.2) is 9.78 Å². The summed E-state index contributed by atoms with van der Waals surface area (Å²) in [5.74, 6) is -1.61. The number of ether oxygens (including phenoxy) is 1. The van der Waals surface area contributed by atoms with E-state index in [2.05, 4.69) is 4.98 Å². The van der Waals surface area contributed by atoms with Crippen LogP contribution in [0.25, 0.3) is 0 Å². The number of aromatic nitrogens is 1. The fraction of sp³-hybridized carbons (Fsp3) is 0.364. The van der Waals surface area contributed by atoms with E-state index in [1.807, 2.05) is 0 Å². The Morgan fingerprint density at radius 1 is 1.59 bits per heavy atom. The van der Waals surface area contributed by atoms with Crippen LogP contribution in [0.1, 0.15) is 23.0 Å². The minimum atomic E-state index is -1.08. The van der Waals surface area contributed by atoms with Gasteiger partial charge in [-0.15, -0.1) is 0 Å². The maximum Gasteiger partial charge on any atom is 0.356 e. The molecule has 0 saturated heterocycles. The number of carboxylic acid groups (broad SMARTS) is 1. The molecule has 0 bridgehead atoms. The quantitative estimate of drug-likeness (QED) is 0.711. The van der Waals surface area contributed by atoms with Crippen LogP contribution in [-0.4, -0.2) is 34.7 Å². The van der Waals surface area contributed by atoms with Gasteiger partial charge in [-0.1, -0.05) is 0 Å². The molecule has 0 spiro atoms. The van der Waals surface area contributed by atoms with E-state index >= 15 is 0 Å². The Morgan fingerprint density at radius 2 is 2.29 bits per heavy atom. The van der Waals surface area contributed by atoms with Gasteiger partial charge in [0.25, 0.3) is 0 Å². The Labute approximate surface area is 98.4 Å². The highest BCUT2D eigenvalue weighted by molar-refractivity contribution is 5.87. The molecule has 0 radical (unpaired) electrons. The maximum atomic E-state index is 11.4. The number of carbonyl (C=O) groups is 2. The standard InChI is InChI=1S/C11H14N2O4/c1-2-17-11(16)9-6-7(3-4-13-9)5-8(12)10(14)15/h3-4,6,8H,2,5,12H2,1H3,(H,14,15). The van der Waals surface area contributed by atoms with Crippen LogP contribution in [0.2, 0.25) is 0 Å². The van der Waals surface area contributed by atoms with Crippen LogP contribution in [0, 0.1) is 0 Å². The third-order valence-corrected chi connectivity index (χ3v) is 2.08. The van der Waals surface area contributed by atoms with Gasteiger partial charge < -0.3 is 15.6 Å². The van der Waals surface area contributed by atoms with Gasteiger partial charge in [0.1, 0.15) is 11.7 Å². The summed E-state index contributed by atoms with van der Waals surface area (Å²) in [5, 5.41) is 8.67. The van der Waals surface area contributed by atoms with E-state index in [4.69, 9.17) is 15.6 Å². The first-order chi connectivity index (χ1) is 8.04. The van der Waals surface area contributed by atoms with Crippen molar-refractivity contribution in [3.05, 3.63) is 29.6 Å². The van der Waals surface area contributed by atoms with Crippen LogP contribution in [0.15, 0.2) is 18.3 Å². The average Bonchev–Trinajstić information content (AvgIpc) is 2.29. The molecule has 1 heterocycles. The van der Waals surface area contributed by atoms with Crippen LogP contribution in [0.3, 0.4) is 0 Å². The number of hydrogen-bond acceptors (Lipinski definition) is 5. The maximum absolute atomic E-state index is 11.4. The normalized spacial score (nSPS) is 11.9. The molecule has 17 heavy (non-hydrogen) atoms. The molecule has 0 aliphatic rings. The van der Waals surface area contributed by atoms with Crippen molar-refractivity contribution in [1.82, 2.24) is 4.98 Å². The van der Waals surface area contributed by atoms with Crippen molar-refractivity contribution in [2.45, 2.75) is 19.4 Å². The number of rotatable bonds is 5. The average molecular weight is 238 g/mol. The van der Waals surface area contributed by atoms with Crippen molar-refractivity contribution in [2.24, 2.45) is 5.73 Å². The van der Waals surface area contributed by atoms with E-state index in [1.54, 1.807) is 13.0 Å². The summed E-state index contributed by atoms with van der Waals surface area (Å²) < 4.78 is 4.79. The molecular weight excluding hydrogens is 224 g/mol. The fourth-order valence-electron chi connectivity index (χ4n) is 1.26. The third-order valence-electron chi connectivity index (χ3n) is 2.08. The van der Waals surface area contributed by atoms with E-state index in [1.165, 1.54) is 12.3 Å². The molecule has 0 aliphatic carbocycles. The number of nitrogens with two attached hydrogens (primary N) is 1. The Bertz CT molecular complexity index is 420. The largest absolute Gasteiger partial charge is 0.480 e. The molecule has 92 valence electrons. The lowest BCUT2D eigenvalue weighted by Gasteiger charge is -2.07. The summed E-state index contributed by atoms with van der Waals surface area (Å²) in [7, 11) is 0. The van der Waals surface area contributed by atoms with Crippen molar-refractivity contribution in [1.29, 1.82) is 0 Å². The van der Waals surface area contributed by atoms with Gasteiger partial charge in [0.2, 0.25) is 0 Å². The Morgan fingerprint density at radius 3 is 2.88 bits per heavy atom. The second kappa shape index (κ2) is 5.95. The summed E-state index contributed by atoms with van der Waals surface area (Å²) in [4.78, 5) is 25.8. The zero-order valence-electron chi connectivity index (χ0n) is 9.42. The Balaban J connectivity index is 2.79. The van der Waals surface area contributed by atoms with E-state index in [9.17, 15) is 9.59 Å². The number of esters is 1. The third kappa shape index (κ3) is 3.84. The first-order valence-corrected chi connectivity index (χ1v) is 5.15. The minimum absolute atomic E-state index is 0.143. The molecule has 0 aromatic carbocycles. The lowest BCUT2D eigenvalue weighted by molar-refractivity contribution is -0.138. The highest BCUT2D eigenvalue weighted by Gasteiger charge is 2.14. The van der Waals surface area contributed by atoms with Crippen molar-refractivity contribution >= 4 is 11.9 Å². The lowest BCUT2D eigenvalue weighted by atomic mass is 10.1. The van der Waals surface area contributed by atoms with Crippen LogP contribution in [0.5, 0.6) is 0 Å². The SMILES string of the molecule is CCOC(=O)c1cc(CC(N)C(=O)O)ccn1. The summed E-state index contributed by atoms with van der Waals surface area (Å²) >= 11 is 0. The van der Waals surface area contributed by atoms with Gasteiger partial charge in [0.15, 0.2) is 0 Å². The van der Waals surface area contributed by atoms with Gasteiger partial charge in [0, 0.05) is 6.20 Å². The van der Waals surface area contributed by atoms with E-state index in [-0.39, 0.29) is 18.7 Å². The van der Waals surface area contributed by atoms with Gasteiger partial charge >= 0.3 is 11.9 Å². The van der Waals surface area contributed by atoms with E-state index in [0.717, 1.165) is 0 Å². The fourth-order valence-corrected chi connectivity index (χ4v) is 1.26. The molecule has 6 heteroatoms. The summed E-state index contributed by atoms with van der Waals surface area (Å²) in [5.41, 5.74) is 6.19. The van der Waals surface area contributed by atoms with Crippen LogP contribution in [0.4, 0.5) is 0 Å². The molecule has 0 aliphatic heterocycles. The highest BCUT2D eigenvalue weighted by atomic mass is 16.5. The number of aliphatic carboxylic acids is 1. The molecule has 0 amide bonds. The first kappa shape index (κ1) is 13.1. The molecule has 1 rings (SSSR count). The zero-order chi connectivity index (χ0) is 12.8. The molecule has 1 aromatic heterocycles. The Kier molecular flexibility index (Phi) is 4.59. The minimum Gasteiger partial charge on any atom is -0.480 e. The van der Waals surface area contributed by atoms with Crippen molar-refractivity contribution in [3.63, 3.8) is 0 Å². The summed E-state index contributed by atoms with van der Waals surface area (Å²) in [6, 6.07) is 2.11. The van der Waals surface area contributed by atoms with Crippen LogP contribution < -0.4 is 5.73 Å². The highest BCUT2D eigenvalue weighted by Crippen LogP contribution is 2.06. The molecule has 0 fully saturated rings. The van der Waals surface area contributed by atoms with E-state index < -0.39 is 18.0 Å². The zero-order valence-corrected chi connectivity index (χ0v) is 9.42. The monoisotopic (exact) mass is 238 g/mol. The number of pyridine rings is 1. The molecule has 1 aromatic rings. The molecular formula is C11H14N2O4. The second-order valence-electron chi connectivity index (χ2n) is 3.42. The molecule has 1 atom stereocenters. The number of hydrogen-bond donors (Lipinski definition) is 2. The molecule has 6 nitrogen and oxygen atoms in total. The van der Waals surface area contributed by atoms with Crippen LogP contribution >= 0.6 is 0 Å². The van der Waals surface area contributed by atoms with E-state index in [0.29, 0.717) is 5.56 Å². The van der Waals surface area contributed by atoms with Crippen LogP contribution in [-0.2, 0) is 16.0 Å². The summed E-state index contributed by atoms with van der Waals surface area (Å²) in [6.45, 7) is 1.96. The Hall–Kier alpha value is -1.95. The van der Waals surface area contributed by atoms with Gasteiger partial charge in [-0.2, -0.15) is 0 Å². The van der Waals surface area contributed by atoms with Gasteiger partial charge in [-0.3, -0.25) is 4.79 Å². The molecule has 3 N–H and O–H groups in total. The topological polar surface area (TPSA) is 103 Å². The van der Waals surface area contributed by atoms with Gasteiger partial charge in [-0.05, 0) is 31.0 Å². The predicted molar refractivity (Wildman–Crippen MR) is 59.5 cm³/mol. The number of carbonyl (C=O) groups excluding carboxylic acids is 1.